The molecule has 84 valence electrons. The van der Waals surface area contributed by atoms with E-state index >= 15 is 0 Å². The van der Waals surface area contributed by atoms with Gasteiger partial charge in [-0.1, -0.05) is 37.6 Å². The lowest BCUT2D eigenvalue weighted by atomic mass is 9.88. The van der Waals surface area contributed by atoms with Crippen LogP contribution in [0, 0.1) is 5.41 Å². The smallest absolute Gasteiger partial charge is 0.0637 e. The number of benzene rings is 1. The van der Waals surface area contributed by atoms with Crippen molar-refractivity contribution in [3.8, 4) is 0 Å². The first-order valence-electron chi connectivity index (χ1n) is 5.20. The molecule has 1 rings (SSSR count). The van der Waals surface area contributed by atoms with Crippen LogP contribution >= 0.6 is 11.6 Å². The van der Waals surface area contributed by atoms with Crippen molar-refractivity contribution < 1.29 is 5.11 Å². The summed E-state index contributed by atoms with van der Waals surface area (Å²) in [5, 5.41) is 13.2. The zero-order valence-corrected chi connectivity index (χ0v) is 10.0. The van der Waals surface area contributed by atoms with Crippen molar-refractivity contribution in [3.63, 3.8) is 0 Å². The average molecular weight is 228 g/mol. The number of anilines is 1. The summed E-state index contributed by atoms with van der Waals surface area (Å²) in [6, 6.07) is 7.64. The molecule has 0 aliphatic rings. The number of aliphatic hydroxyl groups is 1. The Labute approximate surface area is 96.3 Å². The lowest BCUT2D eigenvalue weighted by Crippen LogP contribution is -2.29. The molecular formula is C12H18ClNO. The maximum Gasteiger partial charge on any atom is 0.0637 e. The van der Waals surface area contributed by atoms with Gasteiger partial charge < -0.3 is 10.4 Å². The number of hydrogen-bond acceptors (Lipinski definition) is 2. The summed E-state index contributed by atoms with van der Waals surface area (Å²) in [6.07, 6.45) is 0.932. The second-order valence-electron chi connectivity index (χ2n) is 4.16. The molecule has 2 nitrogen and oxygen atoms in total. The van der Waals surface area contributed by atoms with E-state index in [1.165, 1.54) is 0 Å². The summed E-state index contributed by atoms with van der Waals surface area (Å²) in [5.41, 5.74) is 0.839. The topological polar surface area (TPSA) is 32.3 Å². The largest absolute Gasteiger partial charge is 0.396 e. The van der Waals surface area contributed by atoms with Crippen molar-refractivity contribution in [3.05, 3.63) is 29.3 Å². The van der Waals surface area contributed by atoms with E-state index in [0.717, 1.165) is 18.7 Å². The highest BCUT2D eigenvalue weighted by atomic mass is 35.5. The highest BCUT2D eigenvalue weighted by Gasteiger charge is 2.20. The minimum atomic E-state index is -0.0842. The second-order valence-corrected chi connectivity index (χ2v) is 4.56. The summed E-state index contributed by atoms with van der Waals surface area (Å²) >= 11 is 6.01. The molecule has 1 atom stereocenters. The van der Waals surface area contributed by atoms with E-state index in [2.05, 4.69) is 19.2 Å². The van der Waals surface area contributed by atoms with Gasteiger partial charge in [0.25, 0.3) is 0 Å². The molecule has 0 bridgehead atoms. The highest BCUT2D eigenvalue weighted by Crippen LogP contribution is 2.24. The van der Waals surface area contributed by atoms with E-state index in [4.69, 9.17) is 11.6 Å². The molecule has 0 radical (unpaired) electrons. The summed E-state index contributed by atoms with van der Waals surface area (Å²) in [5.74, 6) is 0. The number of rotatable bonds is 5. The predicted molar refractivity (Wildman–Crippen MR) is 65.4 cm³/mol. The van der Waals surface area contributed by atoms with Crippen LogP contribution in [0.25, 0.3) is 0 Å². The lowest BCUT2D eigenvalue weighted by molar-refractivity contribution is 0.149. The SMILES string of the molecule is CCC(C)(CO)CNc1ccccc1Cl. The van der Waals surface area contributed by atoms with Crippen LogP contribution in [0.4, 0.5) is 5.69 Å². The number of para-hydroxylation sites is 1. The van der Waals surface area contributed by atoms with E-state index in [-0.39, 0.29) is 12.0 Å². The summed E-state index contributed by atoms with van der Waals surface area (Å²) < 4.78 is 0. The van der Waals surface area contributed by atoms with Gasteiger partial charge in [0.15, 0.2) is 0 Å². The van der Waals surface area contributed by atoms with Crippen LogP contribution in [0.5, 0.6) is 0 Å². The van der Waals surface area contributed by atoms with Crippen LogP contribution in [0.3, 0.4) is 0 Å². The Morgan fingerprint density at radius 1 is 1.40 bits per heavy atom. The lowest BCUT2D eigenvalue weighted by Gasteiger charge is -2.26. The van der Waals surface area contributed by atoms with Crippen molar-refractivity contribution in [1.82, 2.24) is 0 Å². The molecular weight excluding hydrogens is 210 g/mol. The second kappa shape index (κ2) is 5.38. The van der Waals surface area contributed by atoms with Crippen LogP contribution in [-0.2, 0) is 0 Å². The van der Waals surface area contributed by atoms with E-state index < -0.39 is 0 Å². The van der Waals surface area contributed by atoms with Crippen molar-refractivity contribution >= 4 is 17.3 Å². The number of halogens is 1. The van der Waals surface area contributed by atoms with Crippen LogP contribution < -0.4 is 5.32 Å². The van der Waals surface area contributed by atoms with Gasteiger partial charge in [0, 0.05) is 12.0 Å². The highest BCUT2D eigenvalue weighted by molar-refractivity contribution is 6.33. The normalized spacial score (nSPS) is 14.7. The Morgan fingerprint density at radius 2 is 2.07 bits per heavy atom. The van der Waals surface area contributed by atoms with Gasteiger partial charge in [-0.2, -0.15) is 0 Å². The summed E-state index contributed by atoms with van der Waals surface area (Å²) in [7, 11) is 0. The molecule has 0 aliphatic heterocycles. The van der Waals surface area contributed by atoms with Gasteiger partial charge in [0.1, 0.15) is 0 Å². The minimum Gasteiger partial charge on any atom is -0.396 e. The third kappa shape index (κ3) is 3.40. The van der Waals surface area contributed by atoms with Gasteiger partial charge in [0.05, 0.1) is 17.3 Å². The molecule has 0 saturated carbocycles. The molecule has 0 saturated heterocycles. The van der Waals surface area contributed by atoms with Crippen molar-refractivity contribution in [1.29, 1.82) is 0 Å². The molecule has 2 N–H and O–H groups in total. The molecule has 1 unspecified atom stereocenters. The Morgan fingerprint density at radius 3 is 2.60 bits per heavy atom. The number of hydrogen-bond donors (Lipinski definition) is 2. The minimum absolute atomic E-state index is 0.0842. The van der Waals surface area contributed by atoms with E-state index in [9.17, 15) is 5.11 Å². The fourth-order valence-corrected chi connectivity index (χ4v) is 1.41. The Balaban J connectivity index is 2.61. The molecule has 1 aromatic carbocycles. The monoisotopic (exact) mass is 227 g/mol. The Bertz CT molecular complexity index is 310. The first kappa shape index (κ1) is 12.3. The molecule has 0 aliphatic carbocycles. The molecule has 0 amide bonds. The number of nitrogens with one attached hydrogen (secondary N) is 1. The van der Waals surface area contributed by atoms with Gasteiger partial charge in [0.2, 0.25) is 0 Å². The summed E-state index contributed by atoms with van der Waals surface area (Å²) in [6.45, 7) is 5.03. The van der Waals surface area contributed by atoms with Crippen molar-refractivity contribution in [2.24, 2.45) is 5.41 Å². The Hall–Kier alpha value is -0.730. The maximum absolute atomic E-state index is 9.26. The van der Waals surface area contributed by atoms with Gasteiger partial charge >= 0.3 is 0 Å². The standard InChI is InChI=1S/C12H18ClNO/c1-3-12(2,9-15)8-14-11-7-5-4-6-10(11)13/h4-7,14-15H,3,8-9H2,1-2H3. The van der Waals surface area contributed by atoms with Gasteiger partial charge in [-0.3, -0.25) is 0 Å². The Kier molecular flexibility index (Phi) is 4.43. The zero-order valence-electron chi connectivity index (χ0n) is 9.26. The van der Waals surface area contributed by atoms with E-state index in [0.29, 0.717) is 5.02 Å². The van der Waals surface area contributed by atoms with E-state index in [1.807, 2.05) is 24.3 Å². The first-order valence-corrected chi connectivity index (χ1v) is 5.58. The van der Waals surface area contributed by atoms with Gasteiger partial charge in [-0.05, 0) is 18.6 Å². The molecule has 0 aromatic heterocycles. The number of aliphatic hydroxyl groups excluding tert-OH is 1. The third-order valence-corrected chi connectivity index (χ3v) is 3.14. The molecule has 3 heteroatoms. The first-order chi connectivity index (χ1) is 7.11. The molecule has 1 aromatic rings. The predicted octanol–water partition coefficient (Wildman–Crippen LogP) is 3.16. The maximum atomic E-state index is 9.26. The fourth-order valence-electron chi connectivity index (χ4n) is 1.21. The van der Waals surface area contributed by atoms with Crippen molar-refractivity contribution in [2.45, 2.75) is 20.3 Å². The molecule has 15 heavy (non-hydrogen) atoms. The molecule has 0 heterocycles. The van der Waals surface area contributed by atoms with Crippen LogP contribution in [0.15, 0.2) is 24.3 Å². The average Bonchev–Trinajstić information content (AvgIpc) is 2.28. The van der Waals surface area contributed by atoms with E-state index in [1.54, 1.807) is 0 Å². The third-order valence-electron chi connectivity index (χ3n) is 2.81. The van der Waals surface area contributed by atoms with Crippen LogP contribution in [0.1, 0.15) is 20.3 Å². The van der Waals surface area contributed by atoms with Crippen LogP contribution in [0.2, 0.25) is 5.02 Å². The summed E-state index contributed by atoms with van der Waals surface area (Å²) in [4.78, 5) is 0. The van der Waals surface area contributed by atoms with Gasteiger partial charge in [-0.15, -0.1) is 0 Å². The van der Waals surface area contributed by atoms with Crippen molar-refractivity contribution in [2.75, 3.05) is 18.5 Å². The quantitative estimate of drug-likeness (QED) is 0.810. The van der Waals surface area contributed by atoms with Crippen LogP contribution in [-0.4, -0.2) is 18.3 Å². The molecule has 0 spiro atoms. The zero-order chi connectivity index (χ0) is 11.3. The van der Waals surface area contributed by atoms with Gasteiger partial charge in [-0.25, -0.2) is 0 Å². The molecule has 0 fully saturated rings. The fraction of sp³-hybridized carbons (Fsp3) is 0.500.